The summed E-state index contributed by atoms with van der Waals surface area (Å²) in [5.74, 6) is -0.883. The third-order valence-electron chi connectivity index (χ3n) is 4.08. The van der Waals surface area contributed by atoms with Gasteiger partial charge < -0.3 is 5.32 Å². The minimum atomic E-state index is -0.542. The first-order valence-electron chi connectivity index (χ1n) is 8.78. The van der Waals surface area contributed by atoms with Crippen LogP contribution in [0.15, 0.2) is 71.8 Å². The van der Waals surface area contributed by atoms with Crippen LogP contribution in [0.2, 0.25) is 10.0 Å². The van der Waals surface area contributed by atoms with Gasteiger partial charge in [-0.15, -0.1) is 0 Å². The van der Waals surface area contributed by atoms with E-state index in [2.05, 4.69) is 15.8 Å². The van der Waals surface area contributed by atoms with E-state index in [1.165, 1.54) is 42.6 Å². The number of benzene rings is 3. The van der Waals surface area contributed by atoms with Gasteiger partial charge in [0.1, 0.15) is 0 Å². The molecule has 0 saturated heterocycles. The molecule has 0 fully saturated rings. The molecule has 2 amide bonds. The predicted molar refractivity (Wildman–Crippen MR) is 119 cm³/mol. The molecule has 0 heterocycles. The molecule has 10 heteroatoms. The summed E-state index contributed by atoms with van der Waals surface area (Å²) in [6.07, 6.45) is 1.40. The first-order chi connectivity index (χ1) is 14.8. The Balaban J connectivity index is 1.58. The smallest absolute Gasteiger partial charge is 0.271 e. The summed E-state index contributed by atoms with van der Waals surface area (Å²) in [6.45, 7) is 0. The molecule has 3 rings (SSSR count). The van der Waals surface area contributed by atoms with Gasteiger partial charge in [-0.05, 0) is 48.5 Å². The van der Waals surface area contributed by atoms with Crippen LogP contribution in [0.1, 0.15) is 26.3 Å². The van der Waals surface area contributed by atoms with Crippen molar-refractivity contribution >= 4 is 52.6 Å². The van der Waals surface area contributed by atoms with Crippen molar-refractivity contribution in [1.29, 1.82) is 0 Å². The van der Waals surface area contributed by atoms with E-state index in [9.17, 15) is 19.7 Å². The first kappa shape index (κ1) is 21.9. The highest BCUT2D eigenvalue weighted by atomic mass is 35.5. The van der Waals surface area contributed by atoms with Crippen LogP contribution in [0.3, 0.4) is 0 Å². The molecule has 0 radical (unpaired) electrons. The number of nitrogens with zero attached hydrogens (tertiary/aromatic N) is 2. The minimum Gasteiger partial charge on any atom is -0.322 e. The number of hydrazone groups is 1. The van der Waals surface area contributed by atoms with Crippen molar-refractivity contribution in [3.8, 4) is 0 Å². The number of non-ortho nitro benzene ring substituents is 1. The molecule has 0 saturated carbocycles. The Kier molecular flexibility index (Phi) is 6.96. The highest BCUT2D eigenvalue weighted by Gasteiger charge is 2.10. The van der Waals surface area contributed by atoms with Gasteiger partial charge in [-0.25, -0.2) is 5.43 Å². The van der Waals surface area contributed by atoms with Crippen molar-refractivity contribution in [2.75, 3.05) is 5.32 Å². The third-order valence-corrected chi connectivity index (χ3v) is 4.64. The maximum atomic E-state index is 12.2. The summed E-state index contributed by atoms with van der Waals surface area (Å²) >= 11 is 11.9. The van der Waals surface area contributed by atoms with Crippen molar-refractivity contribution < 1.29 is 14.5 Å². The second-order valence-corrected chi connectivity index (χ2v) is 7.04. The highest BCUT2D eigenvalue weighted by molar-refractivity contribution is 6.36. The second-order valence-electron chi connectivity index (χ2n) is 6.20. The van der Waals surface area contributed by atoms with Gasteiger partial charge in [0.2, 0.25) is 0 Å². The van der Waals surface area contributed by atoms with Crippen LogP contribution in [0.5, 0.6) is 0 Å². The van der Waals surface area contributed by atoms with Crippen LogP contribution in [0, 0.1) is 10.1 Å². The lowest BCUT2D eigenvalue weighted by Crippen LogP contribution is -2.18. The number of anilines is 1. The fraction of sp³-hybridized carbons (Fsp3) is 0. The Morgan fingerprint density at radius 2 is 1.52 bits per heavy atom. The maximum Gasteiger partial charge on any atom is 0.271 e. The molecule has 3 aromatic carbocycles. The monoisotopic (exact) mass is 456 g/mol. The summed E-state index contributed by atoms with van der Waals surface area (Å²) < 4.78 is 0. The van der Waals surface area contributed by atoms with Gasteiger partial charge >= 0.3 is 0 Å². The standard InChI is InChI=1S/C21H14Cl2N4O4/c22-16-6-1-15(19(23)11-16)12-24-26-21(29)14-2-7-17(8-3-14)25-20(28)13-4-9-18(10-5-13)27(30)31/h1-12H,(H,25,28)(H,26,29)/b24-12-. The minimum absolute atomic E-state index is 0.104. The van der Waals surface area contributed by atoms with Crippen molar-refractivity contribution in [1.82, 2.24) is 5.43 Å². The Labute approximate surface area is 186 Å². The molecular formula is C21H14Cl2N4O4. The van der Waals surface area contributed by atoms with Crippen molar-refractivity contribution in [3.05, 3.63) is 104 Å². The van der Waals surface area contributed by atoms with Crippen LogP contribution in [-0.2, 0) is 0 Å². The van der Waals surface area contributed by atoms with Gasteiger partial charge in [-0.2, -0.15) is 5.10 Å². The maximum absolute atomic E-state index is 12.2. The number of nitrogens with one attached hydrogen (secondary N) is 2. The number of nitro benzene ring substituents is 1. The van der Waals surface area contributed by atoms with Crippen LogP contribution in [-0.4, -0.2) is 23.0 Å². The Bertz CT molecular complexity index is 1160. The number of halogens is 2. The summed E-state index contributed by atoms with van der Waals surface area (Å²) in [5.41, 5.74) is 3.92. The van der Waals surface area contributed by atoms with Gasteiger partial charge in [-0.3, -0.25) is 19.7 Å². The number of amides is 2. The number of hydrogen-bond acceptors (Lipinski definition) is 5. The number of carbonyl (C=O) groups is 2. The second kappa shape index (κ2) is 9.84. The molecule has 0 spiro atoms. The van der Waals surface area contributed by atoms with E-state index in [-0.39, 0.29) is 11.3 Å². The third kappa shape index (κ3) is 5.88. The van der Waals surface area contributed by atoms with E-state index in [0.717, 1.165) is 0 Å². The molecule has 31 heavy (non-hydrogen) atoms. The molecule has 8 nitrogen and oxygen atoms in total. The van der Waals surface area contributed by atoms with E-state index in [4.69, 9.17) is 23.2 Å². The zero-order valence-electron chi connectivity index (χ0n) is 15.7. The molecule has 0 aliphatic rings. The first-order valence-corrected chi connectivity index (χ1v) is 9.53. The van der Waals surface area contributed by atoms with E-state index in [1.807, 2.05) is 0 Å². The number of carbonyl (C=O) groups excluding carboxylic acids is 2. The SMILES string of the molecule is O=C(N/N=C\c1ccc(Cl)cc1Cl)c1ccc(NC(=O)c2ccc([N+](=O)[O-])cc2)cc1. The zero-order chi connectivity index (χ0) is 22.4. The predicted octanol–water partition coefficient (Wildman–Crippen LogP) is 4.92. The average molecular weight is 457 g/mol. The Morgan fingerprint density at radius 3 is 2.13 bits per heavy atom. The lowest BCUT2D eigenvalue weighted by molar-refractivity contribution is -0.384. The van der Waals surface area contributed by atoms with Gasteiger partial charge in [0.25, 0.3) is 17.5 Å². The highest BCUT2D eigenvalue weighted by Crippen LogP contribution is 2.19. The summed E-state index contributed by atoms with van der Waals surface area (Å²) in [5, 5.41) is 18.1. The van der Waals surface area contributed by atoms with Crippen LogP contribution >= 0.6 is 23.2 Å². The molecule has 0 aliphatic heterocycles. The lowest BCUT2D eigenvalue weighted by Gasteiger charge is -2.06. The van der Waals surface area contributed by atoms with Gasteiger partial charge in [-0.1, -0.05) is 29.3 Å². The fourth-order valence-corrected chi connectivity index (χ4v) is 2.93. The normalized spacial score (nSPS) is 10.6. The number of hydrogen-bond donors (Lipinski definition) is 2. The topological polar surface area (TPSA) is 114 Å². The van der Waals surface area contributed by atoms with Gasteiger partial charge in [0, 0.05) is 39.5 Å². The summed E-state index contributed by atoms with van der Waals surface area (Å²) in [6, 6.07) is 16.3. The molecule has 3 aromatic rings. The van der Waals surface area contributed by atoms with E-state index < -0.39 is 16.7 Å². The molecule has 0 bridgehead atoms. The molecule has 0 unspecified atom stereocenters. The lowest BCUT2D eigenvalue weighted by atomic mass is 10.1. The molecule has 156 valence electrons. The molecule has 0 aromatic heterocycles. The van der Waals surface area contributed by atoms with Crippen LogP contribution in [0.25, 0.3) is 0 Å². The summed E-state index contributed by atoms with van der Waals surface area (Å²) in [7, 11) is 0. The van der Waals surface area contributed by atoms with Crippen LogP contribution < -0.4 is 10.7 Å². The summed E-state index contributed by atoms with van der Waals surface area (Å²) in [4.78, 5) is 34.6. The van der Waals surface area contributed by atoms with E-state index in [0.29, 0.717) is 26.9 Å². The zero-order valence-corrected chi connectivity index (χ0v) is 17.2. The van der Waals surface area contributed by atoms with Gasteiger partial charge in [0.05, 0.1) is 16.2 Å². The fourth-order valence-electron chi connectivity index (χ4n) is 2.47. The van der Waals surface area contributed by atoms with Gasteiger partial charge in [0.15, 0.2) is 0 Å². The van der Waals surface area contributed by atoms with Crippen molar-refractivity contribution in [2.24, 2.45) is 5.10 Å². The van der Waals surface area contributed by atoms with Crippen molar-refractivity contribution in [3.63, 3.8) is 0 Å². The Morgan fingerprint density at radius 1 is 0.903 bits per heavy atom. The van der Waals surface area contributed by atoms with E-state index in [1.54, 1.807) is 30.3 Å². The average Bonchev–Trinajstić information content (AvgIpc) is 2.75. The Hall–Kier alpha value is -3.75. The molecule has 0 atom stereocenters. The largest absolute Gasteiger partial charge is 0.322 e. The molecule has 0 aliphatic carbocycles. The molecular weight excluding hydrogens is 443 g/mol. The molecule has 2 N–H and O–H groups in total. The quantitative estimate of drug-likeness (QED) is 0.311. The number of nitro groups is 1. The van der Waals surface area contributed by atoms with E-state index >= 15 is 0 Å². The van der Waals surface area contributed by atoms with Crippen LogP contribution in [0.4, 0.5) is 11.4 Å². The number of rotatable bonds is 6. The van der Waals surface area contributed by atoms with Crippen molar-refractivity contribution in [2.45, 2.75) is 0 Å².